The van der Waals surface area contributed by atoms with Gasteiger partial charge in [-0.3, -0.25) is 4.79 Å². The van der Waals surface area contributed by atoms with Crippen molar-refractivity contribution in [1.29, 1.82) is 0 Å². The molecule has 1 rings (SSSR count). The van der Waals surface area contributed by atoms with Crippen LogP contribution in [0.5, 0.6) is 5.75 Å². The molecule has 4 heteroatoms. The summed E-state index contributed by atoms with van der Waals surface area (Å²) < 4.78 is 5.77. The third-order valence-electron chi connectivity index (χ3n) is 2.93. The molecule has 0 spiro atoms. The first-order valence-corrected chi connectivity index (χ1v) is 6.69. The molecule has 0 bridgehead atoms. The summed E-state index contributed by atoms with van der Waals surface area (Å²) in [6.45, 7) is 7.77. The lowest BCUT2D eigenvalue weighted by Crippen LogP contribution is -2.41. The Morgan fingerprint density at radius 1 is 1.16 bits per heavy atom. The molecule has 0 aliphatic carbocycles. The van der Waals surface area contributed by atoms with Gasteiger partial charge < -0.3 is 15.4 Å². The van der Waals surface area contributed by atoms with Gasteiger partial charge in [-0.15, -0.1) is 0 Å². The Hall–Kier alpha value is -1.55. The normalized spacial score (nSPS) is 14.0. The maximum atomic E-state index is 11.9. The van der Waals surface area contributed by atoms with Gasteiger partial charge in [0.05, 0.1) is 18.2 Å². The van der Waals surface area contributed by atoms with Crippen LogP contribution in [0.4, 0.5) is 0 Å². The number of ether oxygens (including phenoxy) is 1. The highest BCUT2D eigenvalue weighted by Crippen LogP contribution is 2.25. The lowest BCUT2D eigenvalue weighted by Gasteiger charge is -2.21. The first kappa shape index (κ1) is 15.5. The molecule has 1 amide bonds. The van der Waals surface area contributed by atoms with Gasteiger partial charge in [-0.25, -0.2) is 0 Å². The number of benzene rings is 1. The van der Waals surface area contributed by atoms with Crippen molar-refractivity contribution in [2.75, 3.05) is 7.05 Å². The highest BCUT2D eigenvalue weighted by atomic mass is 16.5. The summed E-state index contributed by atoms with van der Waals surface area (Å²) in [7, 11) is 1.77. The lowest BCUT2D eigenvalue weighted by atomic mass is 10.1. The van der Waals surface area contributed by atoms with Gasteiger partial charge in [0, 0.05) is 5.56 Å². The van der Waals surface area contributed by atoms with Crippen LogP contribution >= 0.6 is 0 Å². The molecule has 2 N–H and O–H groups in total. The molecule has 0 fully saturated rings. The molecule has 19 heavy (non-hydrogen) atoms. The first-order chi connectivity index (χ1) is 8.95. The fourth-order valence-electron chi connectivity index (χ4n) is 1.75. The van der Waals surface area contributed by atoms with Gasteiger partial charge in [-0.05, 0) is 40.8 Å². The van der Waals surface area contributed by atoms with Crippen molar-refractivity contribution in [3.05, 3.63) is 29.8 Å². The summed E-state index contributed by atoms with van der Waals surface area (Å²) in [6, 6.07) is 7.50. The van der Waals surface area contributed by atoms with Crippen molar-refractivity contribution < 1.29 is 9.53 Å². The summed E-state index contributed by atoms with van der Waals surface area (Å²) in [5.41, 5.74) is 0.993. The SMILES string of the molecule is CNC(C)C(=O)NC(C)c1ccccc1OC(C)C. The molecule has 1 aromatic carbocycles. The van der Waals surface area contributed by atoms with Crippen molar-refractivity contribution in [2.24, 2.45) is 0 Å². The molecule has 2 atom stereocenters. The molecule has 0 heterocycles. The number of nitrogens with one attached hydrogen (secondary N) is 2. The quantitative estimate of drug-likeness (QED) is 0.828. The highest BCUT2D eigenvalue weighted by molar-refractivity contribution is 5.81. The Bertz CT molecular complexity index is 418. The molecule has 106 valence electrons. The number of hydrogen-bond donors (Lipinski definition) is 2. The van der Waals surface area contributed by atoms with Crippen LogP contribution in [-0.2, 0) is 4.79 Å². The van der Waals surface area contributed by atoms with Crippen LogP contribution in [0.15, 0.2) is 24.3 Å². The van der Waals surface area contributed by atoms with E-state index in [1.807, 2.05) is 52.0 Å². The van der Waals surface area contributed by atoms with E-state index in [2.05, 4.69) is 10.6 Å². The Kier molecular flexibility index (Phi) is 5.83. The van der Waals surface area contributed by atoms with E-state index in [1.165, 1.54) is 0 Å². The Morgan fingerprint density at radius 3 is 2.37 bits per heavy atom. The van der Waals surface area contributed by atoms with E-state index in [-0.39, 0.29) is 24.1 Å². The van der Waals surface area contributed by atoms with Crippen LogP contribution in [0.1, 0.15) is 39.3 Å². The van der Waals surface area contributed by atoms with Gasteiger partial charge in [0.15, 0.2) is 0 Å². The van der Waals surface area contributed by atoms with Gasteiger partial charge in [0.2, 0.25) is 5.91 Å². The second kappa shape index (κ2) is 7.14. The third-order valence-corrected chi connectivity index (χ3v) is 2.93. The standard InChI is InChI=1S/C15H24N2O2/c1-10(2)19-14-9-7-6-8-13(14)11(3)17-15(18)12(4)16-5/h6-12,16H,1-5H3,(H,17,18). The Labute approximate surface area is 115 Å². The minimum absolute atomic E-state index is 0.0191. The molecule has 0 aromatic heterocycles. The Morgan fingerprint density at radius 2 is 1.79 bits per heavy atom. The fraction of sp³-hybridized carbons (Fsp3) is 0.533. The number of carbonyl (C=O) groups excluding carboxylic acids is 1. The van der Waals surface area contributed by atoms with Gasteiger partial charge >= 0.3 is 0 Å². The lowest BCUT2D eigenvalue weighted by molar-refractivity contribution is -0.123. The zero-order chi connectivity index (χ0) is 14.4. The summed E-state index contributed by atoms with van der Waals surface area (Å²) in [5.74, 6) is 0.803. The third kappa shape index (κ3) is 4.56. The summed E-state index contributed by atoms with van der Waals surface area (Å²) >= 11 is 0. The number of amides is 1. The van der Waals surface area contributed by atoms with E-state index in [4.69, 9.17) is 4.74 Å². The highest BCUT2D eigenvalue weighted by Gasteiger charge is 2.17. The van der Waals surface area contributed by atoms with E-state index >= 15 is 0 Å². The zero-order valence-electron chi connectivity index (χ0n) is 12.4. The monoisotopic (exact) mass is 264 g/mol. The minimum Gasteiger partial charge on any atom is -0.491 e. The summed E-state index contributed by atoms with van der Waals surface area (Å²) in [6.07, 6.45) is 0.111. The van der Waals surface area contributed by atoms with Gasteiger partial charge in [-0.1, -0.05) is 18.2 Å². The van der Waals surface area contributed by atoms with Crippen molar-refractivity contribution in [2.45, 2.75) is 45.9 Å². The second-order valence-corrected chi connectivity index (χ2v) is 4.95. The largest absolute Gasteiger partial charge is 0.491 e. The van der Waals surface area contributed by atoms with Crippen LogP contribution in [0, 0.1) is 0 Å². The number of likely N-dealkylation sites (N-methyl/N-ethyl adjacent to an activating group) is 1. The second-order valence-electron chi connectivity index (χ2n) is 4.95. The summed E-state index contributed by atoms with van der Waals surface area (Å²) in [4.78, 5) is 11.9. The van der Waals surface area contributed by atoms with E-state index in [0.29, 0.717) is 0 Å². The van der Waals surface area contributed by atoms with Crippen molar-refractivity contribution >= 4 is 5.91 Å². The molecule has 0 saturated carbocycles. The predicted molar refractivity (Wildman–Crippen MR) is 77.3 cm³/mol. The Balaban J connectivity index is 2.81. The molecular formula is C15H24N2O2. The fourth-order valence-corrected chi connectivity index (χ4v) is 1.75. The van der Waals surface area contributed by atoms with Crippen molar-refractivity contribution in [3.8, 4) is 5.75 Å². The van der Waals surface area contributed by atoms with Gasteiger partial charge in [-0.2, -0.15) is 0 Å². The van der Waals surface area contributed by atoms with E-state index in [1.54, 1.807) is 7.05 Å². The number of hydrogen-bond acceptors (Lipinski definition) is 3. The molecular weight excluding hydrogens is 240 g/mol. The zero-order valence-corrected chi connectivity index (χ0v) is 12.4. The molecule has 0 aliphatic rings. The first-order valence-electron chi connectivity index (χ1n) is 6.69. The van der Waals surface area contributed by atoms with E-state index in [9.17, 15) is 4.79 Å². The van der Waals surface area contributed by atoms with Crippen LogP contribution in [-0.4, -0.2) is 25.1 Å². The predicted octanol–water partition coefficient (Wildman–Crippen LogP) is 2.26. The van der Waals surface area contributed by atoms with Crippen molar-refractivity contribution in [1.82, 2.24) is 10.6 Å². The molecule has 0 saturated heterocycles. The molecule has 1 aromatic rings. The molecule has 4 nitrogen and oxygen atoms in total. The molecule has 0 aliphatic heterocycles. The summed E-state index contributed by atoms with van der Waals surface area (Å²) in [5, 5.41) is 5.90. The van der Waals surface area contributed by atoms with Crippen LogP contribution in [0.3, 0.4) is 0 Å². The van der Waals surface area contributed by atoms with E-state index < -0.39 is 0 Å². The average Bonchev–Trinajstić information content (AvgIpc) is 2.37. The number of para-hydroxylation sites is 1. The van der Waals surface area contributed by atoms with E-state index in [0.717, 1.165) is 11.3 Å². The molecule has 0 radical (unpaired) electrons. The smallest absolute Gasteiger partial charge is 0.237 e. The topological polar surface area (TPSA) is 50.4 Å². The van der Waals surface area contributed by atoms with Gasteiger partial charge in [0.1, 0.15) is 5.75 Å². The number of rotatable bonds is 6. The maximum Gasteiger partial charge on any atom is 0.237 e. The molecule has 2 unspecified atom stereocenters. The van der Waals surface area contributed by atoms with Gasteiger partial charge in [0.25, 0.3) is 0 Å². The minimum atomic E-state index is -0.208. The van der Waals surface area contributed by atoms with Crippen molar-refractivity contribution in [3.63, 3.8) is 0 Å². The van der Waals surface area contributed by atoms with Crippen LogP contribution in [0.25, 0.3) is 0 Å². The average molecular weight is 264 g/mol. The van der Waals surface area contributed by atoms with Crippen LogP contribution in [0.2, 0.25) is 0 Å². The maximum absolute atomic E-state index is 11.9. The van der Waals surface area contributed by atoms with Crippen LogP contribution < -0.4 is 15.4 Å². The number of carbonyl (C=O) groups is 1.